The maximum Gasteiger partial charge on any atom is 0.357 e. The van der Waals surface area contributed by atoms with E-state index in [1.807, 2.05) is 74.5 Å². The number of aromatic nitrogens is 2. The number of hydrogen-bond acceptors (Lipinski definition) is 4. The van der Waals surface area contributed by atoms with E-state index in [1.165, 1.54) is 4.68 Å². The predicted molar refractivity (Wildman–Crippen MR) is 103 cm³/mol. The summed E-state index contributed by atoms with van der Waals surface area (Å²) >= 11 is 0. The van der Waals surface area contributed by atoms with Crippen molar-refractivity contribution in [3.05, 3.63) is 72.4 Å². The van der Waals surface area contributed by atoms with Crippen LogP contribution in [-0.4, -0.2) is 34.3 Å². The average Bonchev–Trinajstić information content (AvgIpc) is 3.12. The van der Waals surface area contributed by atoms with Crippen molar-refractivity contribution in [2.75, 3.05) is 6.61 Å². The highest BCUT2D eigenvalue weighted by Gasteiger charge is 2.20. The molecular weight excluding hydrogens is 342 g/mol. The molecule has 0 aliphatic carbocycles. The van der Waals surface area contributed by atoms with Gasteiger partial charge in [0.15, 0.2) is 12.3 Å². The van der Waals surface area contributed by atoms with Crippen molar-refractivity contribution in [3.8, 4) is 16.9 Å². The van der Waals surface area contributed by atoms with Crippen LogP contribution in [0.3, 0.4) is 0 Å². The summed E-state index contributed by atoms with van der Waals surface area (Å²) in [5.74, 6) is -0.945. The van der Waals surface area contributed by atoms with E-state index in [-0.39, 0.29) is 24.2 Å². The van der Waals surface area contributed by atoms with E-state index >= 15 is 0 Å². The standard InChI is InChI=1S/C21H21N3O3/c1-15(2)22-20(25)14-27-21(26)19-13-18(16-9-5-3-6-10-16)23-24(19)17-11-7-4-8-12-17/h3-13,15H,14H2,1-2H3,(H,22,25). The van der Waals surface area contributed by atoms with Crippen LogP contribution in [0.4, 0.5) is 0 Å². The van der Waals surface area contributed by atoms with Crippen molar-refractivity contribution in [2.45, 2.75) is 19.9 Å². The summed E-state index contributed by atoms with van der Waals surface area (Å²) in [6.07, 6.45) is 0. The monoisotopic (exact) mass is 363 g/mol. The fourth-order valence-corrected chi connectivity index (χ4v) is 2.61. The molecule has 6 heteroatoms. The Hall–Kier alpha value is -3.41. The van der Waals surface area contributed by atoms with Crippen LogP contribution >= 0.6 is 0 Å². The number of ether oxygens (including phenoxy) is 1. The molecule has 0 bridgehead atoms. The van der Waals surface area contributed by atoms with Crippen molar-refractivity contribution in [3.63, 3.8) is 0 Å². The van der Waals surface area contributed by atoms with E-state index in [0.29, 0.717) is 5.69 Å². The Morgan fingerprint density at radius 3 is 2.30 bits per heavy atom. The number of carbonyl (C=O) groups is 2. The molecule has 6 nitrogen and oxygen atoms in total. The van der Waals surface area contributed by atoms with Crippen LogP contribution in [0.25, 0.3) is 16.9 Å². The van der Waals surface area contributed by atoms with Gasteiger partial charge in [0.2, 0.25) is 0 Å². The van der Waals surface area contributed by atoms with Crippen LogP contribution in [-0.2, 0) is 9.53 Å². The molecule has 0 saturated carbocycles. The minimum absolute atomic E-state index is 0.0178. The van der Waals surface area contributed by atoms with E-state index in [0.717, 1.165) is 11.3 Å². The molecule has 3 aromatic rings. The Balaban J connectivity index is 1.89. The Kier molecular flexibility index (Phi) is 5.66. The molecule has 1 aromatic heterocycles. The molecule has 2 aromatic carbocycles. The summed E-state index contributed by atoms with van der Waals surface area (Å²) in [4.78, 5) is 24.4. The molecule has 0 saturated heterocycles. The van der Waals surface area contributed by atoms with Gasteiger partial charge < -0.3 is 10.1 Å². The molecule has 0 spiro atoms. The zero-order chi connectivity index (χ0) is 19.2. The number of esters is 1. The van der Waals surface area contributed by atoms with E-state index in [4.69, 9.17) is 4.74 Å². The molecule has 1 N–H and O–H groups in total. The molecule has 1 amide bonds. The number of nitrogens with one attached hydrogen (secondary N) is 1. The molecule has 3 rings (SSSR count). The molecule has 0 radical (unpaired) electrons. The van der Waals surface area contributed by atoms with Crippen LogP contribution in [0, 0.1) is 0 Å². The smallest absolute Gasteiger partial charge is 0.357 e. The molecule has 0 aliphatic heterocycles. The first-order chi connectivity index (χ1) is 13.0. The summed E-state index contributed by atoms with van der Waals surface area (Å²) < 4.78 is 6.72. The van der Waals surface area contributed by atoms with Gasteiger partial charge >= 0.3 is 5.97 Å². The zero-order valence-electron chi connectivity index (χ0n) is 15.3. The third kappa shape index (κ3) is 4.61. The normalized spacial score (nSPS) is 10.6. The Morgan fingerprint density at radius 1 is 1.04 bits per heavy atom. The highest BCUT2D eigenvalue weighted by atomic mass is 16.5. The predicted octanol–water partition coefficient (Wildman–Crippen LogP) is 3.22. The number of benzene rings is 2. The van der Waals surface area contributed by atoms with E-state index in [9.17, 15) is 9.59 Å². The van der Waals surface area contributed by atoms with Crippen LogP contribution in [0.2, 0.25) is 0 Å². The van der Waals surface area contributed by atoms with Gasteiger partial charge in [0.05, 0.1) is 11.4 Å². The number of nitrogens with zero attached hydrogens (tertiary/aromatic N) is 2. The summed E-state index contributed by atoms with van der Waals surface area (Å²) in [5.41, 5.74) is 2.53. The maximum absolute atomic E-state index is 12.6. The molecule has 0 aliphatic rings. The van der Waals surface area contributed by atoms with Gasteiger partial charge in [-0.1, -0.05) is 48.5 Å². The number of carbonyl (C=O) groups excluding carboxylic acids is 2. The third-order valence-corrected chi connectivity index (χ3v) is 3.77. The van der Waals surface area contributed by atoms with E-state index in [2.05, 4.69) is 10.4 Å². The van der Waals surface area contributed by atoms with Gasteiger partial charge in [-0.25, -0.2) is 9.48 Å². The van der Waals surface area contributed by atoms with Crippen LogP contribution < -0.4 is 5.32 Å². The largest absolute Gasteiger partial charge is 0.451 e. The van der Waals surface area contributed by atoms with Crippen molar-refractivity contribution < 1.29 is 14.3 Å². The van der Waals surface area contributed by atoms with Crippen LogP contribution in [0.1, 0.15) is 24.3 Å². The van der Waals surface area contributed by atoms with Gasteiger partial charge in [-0.3, -0.25) is 4.79 Å². The highest BCUT2D eigenvalue weighted by Crippen LogP contribution is 2.22. The van der Waals surface area contributed by atoms with Gasteiger partial charge in [0, 0.05) is 11.6 Å². The van der Waals surface area contributed by atoms with Crippen molar-refractivity contribution >= 4 is 11.9 Å². The first-order valence-corrected chi connectivity index (χ1v) is 8.72. The zero-order valence-corrected chi connectivity index (χ0v) is 15.3. The number of para-hydroxylation sites is 1. The van der Waals surface area contributed by atoms with Crippen molar-refractivity contribution in [1.82, 2.24) is 15.1 Å². The van der Waals surface area contributed by atoms with Gasteiger partial charge in [-0.2, -0.15) is 5.10 Å². The van der Waals surface area contributed by atoms with Gasteiger partial charge in [0.1, 0.15) is 0 Å². The van der Waals surface area contributed by atoms with Crippen molar-refractivity contribution in [2.24, 2.45) is 0 Å². The lowest BCUT2D eigenvalue weighted by atomic mass is 10.1. The second-order valence-corrected chi connectivity index (χ2v) is 6.33. The molecule has 138 valence electrons. The van der Waals surface area contributed by atoms with Gasteiger partial charge in [-0.15, -0.1) is 0 Å². The third-order valence-electron chi connectivity index (χ3n) is 3.77. The first kappa shape index (κ1) is 18.4. The summed E-state index contributed by atoms with van der Waals surface area (Å²) in [6, 6.07) is 20.5. The summed E-state index contributed by atoms with van der Waals surface area (Å²) in [6.45, 7) is 3.35. The molecule has 0 atom stereocenters. The minimum atomic E-state index is -0.604. The Labute approximate surface area is 157 Å². The number of rotatable bonds is 6. The minimum Gasteiger partial charge on any atom is -0.451 e. The van der Waals surface area contributed by atoms with Crippen LogP contribution in [0.15, 0.2) is 66.7 Å². The summed E-state index contributed by atoms with van der Waals surface area (Å²) in [5, 5.41) is 7.25. The van der Waals surface area contributed by atoms with Gasteiger partial charge in [0.25, 0.3) is 5.91 Å². The molecule has 0 unspecified atom stereocenters. The SMILES string of the molecule is CC(C)NC(=O)COC(=O)c1cc(-c2ccccc2)nn1-c1ccccc1. The fraction of sp³-hybridized carbons (Fsp3) is 0.190. The second kappa shape index (κ2) is 8.31. The average molecular weight is 363 g/mol. The Morgan fingerprint density at radius 2 is 1.67 bits per heavy atom. The topological polar surface area (TPSA) is 73.2 Å². The summed E-state index contributed by atoms with van der Waals surface area (Å²) in [7, 11) is 0. The lowest BCUT2D eigenvalue weighted by molar-refractivity contribution is -0.124. The molecule has 27 heavy (non-hydrogen) atoms. The van der Waals surface area contributed by atoms with Crippen molar-refractivity contribution in [1.29, 1.82) is 0 Å². The Bertz CT molecular complexity index is 918. The lowest BCUT2D eigenvalue weighted by Crippen LogP contribution is -2.34. The fourth-order valence-electron chi connectivity index (χ4n) is 2.61. The van der Waals surface area contributed by atoms with Crippen LogP contribution in [0.5, 0.6) is 0 Å². The second-order valence-electron chi connectivity index (χ2n) is 6.33. The number of amides is 1. The first-order valence-electron chi connectivity index (χ1n) is 8.72. The highest BCUT2D eigenvalue weighted by molar-refractivity contribution is 5.91. The van der Waals surface area contributed by atoms with Gasteiger partial charge in [-0.05, 0) is 32.0 Å². The lowest BCUT2D eigenvalue weighted by Gasteiger charge is -2.10. The number of hydrogen-bond donors (Lipinski definition) is 1. The molecular formula is C21H21N3O3. The maximum atomic E-state index is 12.6. The molecule has 0 fully saturated rings. The van der Waals surface area contributed by atoms with E-state index in [1.54, 1.807) is 6.07 Å². The van der Waals surface area contributed by atoms with E-state index < -0.39 is 5.97 Å². The molecule has 1 heterocycles. The quantitative estimate of drug-likeness (QED) is 0.683.